The fourth-order valence-electron chi connectivity index (χ4n) is 4.72. The Balaban J connectivity index is 1.44. The molecule has 2 aromatic heterocycles. The van der Waals surface area contributed by atoms with Crippen LogP contribution in [-0.2, 0) is 6.42 Å². The van der Waals surface area contributed by atoms with Crippen molar-refractivity contribution in [3.05, 3.63) is 41.9 Å². The van der Waals surface area contributed by atoms with E-state index in [1.165, 1.54) is 6.20 Å². The van der Waals surface area contributed by atoms with Gasteiger partial charge in [0.1, 0.15) is 16.9 Å². The van der Waals surface area contributed by atoms with Gasteiger partial charge in [0.25, 0.3) is 12.3 Å². The van der Waals surface area contributed by atoms with E-state index in [-0.39, 0.29) is 18.1 Å². The molecule has 0 spiro atoms. The number of benzene rings is 1. The molecule has 4 heterocycles. The fourth-order valence-corrected chi connectivity index (χ4v) is 4.72. The first kappa shape index (κ1) is 23.3. The topological polar surface area (TPSA) is 87.0 Å². The number of carbonyl (C=O) groups is 1. The summed E-state index contributed by atoms with van der Waals surface area (Å²) in [4.78, 5) is 21.6. The zero-order valence-electron chi connectivity index (χ0n) is 20.0. The average Bonchev–Trinajstić information content (AvgIpc) is 3.37. The lowest BCUT2D eigenvalue weighted by Crippen LogP contribution is -2.48. The van der Waals surface area contributed by atoms with Gasteiger partial charge >= 0.3 is 0 Å². The van der Waals surface area contributed by atoms with Crippen LogP contribution in [0.1, 0.15) is 29.8 Å². The number of hydrogen-bond acceptors (Lipinski definition) is 7. The van der Waals surface area contributed by atoms with Crippen LogP contribution in [0.5, 0.6) is 5.75 Å². The Bertz CT molecular complexity index is 1250. The Labute approximate surface area is 202 Å². The largest absolute Gasteiger partial charge is 0.487 e. The highest BCUT2D eigenvalue weighted by Crippen LogP contribution is 2.42. The minimum absolute atomic E-state index is 0.226. The summed E-state index contributed by atoms with van der Waals surface area (Å²) in [5, 5.41) is 10.3. The van der Waals surface area contributed by atoms with Crippen molar-refractivity contribution in [2.45, 2.75) is 32.3 Å². The van der Waals surface area contributed by atoms with Crippen molar-refractivity contribution < 1.29 is 18.3 Å². The molecule has 1 saturated heterocycles. The molecule has 11 heteroatoms. The number of carbonyl (C=O) groups excluding carboxylic acids is 1. The van der Waals surface area contributed by atoms with Gasteiger partial charge in [0.05, 0.1) is 42.2 Å². The fraction of sp³-hybridized carbons (Fsp3) is 0.458. The van der Waals surface area contributed by atoms with Crippen molar-refractivity contribution in [1.82, 2.24) is 19.5 Å². The van der Waals surface area contributed by atoms with Gasteiger partial charge in [-0.1, -0.05) is 0 Å². The average molecular weight is 486 g/mol. The van der Waals surface area contributed by atoms with Gasteiger partial charge in [-0.2, -0.15) is 5.10 Å². The Morgan fingerprint density at radius 3 is 2.69 bits per heavy atom. The molecule has 35 heavy (non-hydrogen) atoms. The Kier molecular flexibility index (Phi) is 5.96. The third kappa shape index (κ3) is 4.72. The third-order valence-corrected chi connectivity index (χ3v) is 6.43. The molecule has 1 aromatic carbocycles. The molecule has 2 N–H and O–H groups in total. The lowest BCUT2D eigenvalue weighted by Gasteiger charge is -2.37. The number of nitrogens with one attached hydrogen (secondary N) is 2. The molecule has 2 aliphatic heterocycles. The van der Waals surface area contributed by atoms with Crippen LogP contribution in [-0.4, -0.2) is 77.2 Å². The number of aromatic nitrogens is 3. The normalized spacial score (nSPS) is 17.5. The summed E-state index contributed by atoms with van der Waals surface area (Å²) in [5.74, 6) is 0.468. The zero-order chi connectivity index (χ0) is 24.7. The number of rotatable bonds is 6. The molecule has 186 valence electrons. The molecule has 0 atom stereocenters. The van der Waals surface area contributed by atoms with Crippen LogP contribution in [0, 0.1) is 0 Å². The summed E-state index contributed by atoms with van der Waals surface area (Å²) in [5.41, 5.74) is 3.74. The molecular formula is C24H29F2N7O2. The minimum atomic E-state index is -2.35. The summed E-state index contributed by atoms with van der Waals surface area (Å²) >= 11 is 0. The van der Waals surface area contributed by atoms with Crippen molar-refractivity contribution in [3.63, 3.8) is 0 Å². The SMILES string of the molecule is CNc1cnc2c(C(=O)Nc3cc4c(cc3N3CCN(CC(F)F)CC3)OC(C)(C)C4)cnn2c1. The summed E-state index contributed by atoms with van der Waals surface area (Å²) in [6, 6.07) is 3.91. The highest BCUT2D eigenvalue weighted by Gasteiger charge is 2.33. The maximum Gasteiger partial charge on any atom is 0.261 e. The van der Waals surface area contributed by atoms with Crippen molar-refractivity contribution in [2.75, 3.05) is 55.3 Å². The van der Waals surface area contributed by atoms with Gasteiger partial charge in [-0.3, -0.25) is 9.69 Å². The van der Waals surface area contributed by atoms with Crippen LogP contribution in [0.15, 0.2) is 30.7 Å². The number of ether oxygens (including phenoxy) is 1. The number of halogens is 2. The standard InChI is InChI=1S/C24H29F2N7O2/c1-24(2)10-15-8-18(30-23(34)17-12-29-33-13-16(27-3)11-28-22(17)33)19(9-20(15)35-24)32-6-4-31(5-7-32)14-21(25)26/h8-9,11-13,21,27H,4-7,10,14H2,1-3H3,(H,30,34). The zero-order valence-corrected chi connectivity index (χ0v) is 20.0. The number of alkyl halides is 2. The van der Waals surface area contributed by atoms with Crippen LogP contribution in [0.3, 0.4) is 0 Å². The molecule has 2 aliphatic rings. The molecular weight excluding hydrogens is 456 g/mol. The van der Waals surface area contributed by atoms with Gasteiger partial charge in [-0.05, 0) is 19.9 Å². The third-order valence-electron chi connectivity index (χ3n) is 6.43. The van der Waals surface area contributed by atoms with Crippen LogP contribution >= 0.6 is 0 Å². The number of amides is 1. The maximum atomic E-state index is 13.3. The molecule has 0 radical (unpaired) electrons. The van der Waals surface area contributed by atoms with Crippen molar-refractivity contribution in [1.29, 1.82) is 0 Å². The second-order valence-electron chi connectivity index (χ2n) is 9.57. The Morgan fingerprint density at radius 2 is 1.97 bits per heavy atom. The van der Waals surface area contributed by atoms with Gasteiger partial charge in [-0.15, -0.1) is 0 Å². The first-order valence-corrected chi connectivity index (χ1v) is 11.7. The van der Waals surface area contributed by atoms with Crippen LogP contribution in [0.2, 0.25) is 0 Å². The summed E-state index contributed by atoms with van der Waals surface area (Å²) in [6.45, 7) is 6.01. The number of hydrogen-bond donors (Lipinski definition) is 2. The molecule has 0 unspecified atom stereocenters. The quantitative estimate of drug-likeness (QED) is 0.555. The van der Waals surface area contributed by atoms with Gasteiger partial charge < -0.3 is 20.3 Å². The van der Waals surface area contributed by atoms with E-state index in [0.29, 0.717) is 43.1 Å². The highest BCUT2D eigenvalue weighted by molar-refractivity contribution is 6.09. The van der Waals surface area contributed by atoms with Crippen molar-refractivity contribution in [3.8, 4) is 5.75 Å². The Morgan fingerprint density at radius 1 is 1.20 bits per heavy atom. The molecule has 1 fully saturated rings. The summed E-state index contributed by atoms with van der Waals surface area (Å²) < 4.78 is 33.3. The van der Waals surface area contributed by atoms with Crippen LogP contribution in [0.4, 0.5) is 25.8 Å². The van der Waals surface area contributed by atoms with E-state index in [1.54, 1.807) is 28.9 Å². The van der Waals surface area contributed by atoms with E-state index in [0.717, 1.165) is 29.1 Å². The molecule has 1 amide bonds. The van der Waals surface area contributed by atoms with Gasteiger partial charge in [-0.25, -0.2) is 18.3 Å². The number of anilines is 3. The van der Waals surface area contributed by atoms with Crippen molar-refractivity contribution in [2.24, 2.45) is 0 Å². The molecule has 9 nitrogen and oxygen atoms in total. The Hall–Kier alpha value is -3.47. The monoisotopic (exact) mass is 485 g/mol. The number of piperazine rings is 1. The molecule has 3 aromatic rings. The second kappa shape index (κ2) is 8.95. The highest BCUT2D eigenvalue weighted by atomic mass is 19.3. The van der Waals surface area contributed by atoms with Gasteiger partial charge in [0, 0.05) is 51.3 Å². The second-order valence-corrected chi connectivity index (χ2v) is 9.57. The first-order chi connectivity index (χ1) is 16.7. The van der Waals surface area contributed by atoms with E-state index < -0.39 is 6.43 Å². The molecule has 5 rings (SSSR count). The van der Waals surface area contributed by atoms with Gasteiger partial charge in [0.2, 0.25) is 0 Å². The molecule has 0 saturated carbocycles. The van der Waals surface area contributed by atoms with E-state index in [2.05, 4.69) is 25.6 Å². The number of nitrogens with zero attached hydrogens (tertiary/aromatic N) is 5. The van der Waals surface area contributed by atoms with E-state index in [4.69, 9.17) is 4.74 Å². The summed E-state index contributed by atoms with van der Waals surface area (Å²) in [7, 11) is 1.79. The first-order valence-electron chi connectivity index (χ1n) is 11.7. The smallest absolute Gasteiger partial charge is 0.261 e. The van der Waals surface area contributed by atoms with Crippen molar-refractivity contribution >= 4 is 28.6 Å². The predicted octanol–water partition coefficient (Wildman–Crippen LogP) is 3.12. The number of fused-ring (bicyclic) bond motifs is 2. The summed E-state index contributed by atoms with van der Waals surface area (Å²) in [6.07, 6.45) is 3.28. The lowest BCUT2D eigenvalue weighted by atomic mass is 10.0. The molecule has 0 aliphatic carbocycles. The van der Waals surface area contributed by atoms with Gasteiger partial charge in [0.15, 0.2) is 5.65 Å². The van der Waals surface area contributed by atoms with E-state index in [1.807, 2.05) is 26.0 Å². The maximum absolute atomic E-state index is 13.3. The van der Waals surface area contributed by atoms with Crippen LogP contribution < -0.4 is 20.3 Å². The predicted molar refractivity (Wildman–Crippen MR) is 130 cm³/mol. The van der Waals surface area contributed by atoms with E-state index >= 15 is 0 Å². The lowest BCUT2D eigenvalue weighted by molar-refractivity contribution is 0.0854. The van der Waals surface area contributed by atoms with E-state index in [9.17, 15) is 13.6 Å². The molecule has 0 bridgehead atoms. The van der Waals surface area contributed by atoms with Crippen LogP contribution in [0.25, 0.3) is 5.65 Å². The minimum Gasteiger partial charge on any atom is -0.487 e.